The molecule has 0 unspecified atom stereocenters. The lowest BCUT2D eigenvalue weighted by atomic mass is 10.1. The molecule has 10 nitrogen and oxygen atoms in total. The molecule has 0 saturated carbocycles. The zero-order chi connectivity index (χ0) is 29.9. The molecule has 4 aromatic rings. The molecule has 2 saturated heterocycles. The van der Waals surface area contributed by atoms with Gasteiger partial charge in [-0.15, -0.1) is 0 Å². The Morgan fingerprint density at radius 2 is 1.98 bits per heavy atom. The van der Waals surface area contributed by atoms with Gasteiger partial charge in [-0.3, -0.25) is 9.69 Å². The summed E-state index contributed by atoms with van der Waals surface area (Å²) in [6.07, 6.45) is 4.47. The number of carbonyl (C=O) groups excluding carboxylic acids is 1. The standard InChI is InChI=1S/C32H33FN6O4/c1-20-13-22(21(2)40)15-27-32(20)37-30(39(27)17-26-8-12-41-26)18-38-10-6-25(7-11-38)43-31-5-9-35-29(36-31)19-42-28-4-3-24(33)14-23(28)16-34/h3-5,9,13-15,25-26H,6-8,10-12,17-19H2,1-2H3/t26-/m0/s1. The number of rotatable bonds is 10. The number of nitrogens with zero attached hydrogens (tertiary/aromatic N) is 6. The van der Waals surface area contributed by atoms with E-state index < -0.39 is 5.82 Å². The summed E-state index contributed by atoms with van der Waals surface area (Å²) in [6, 6.07) is 11.3. The lowest BCUT2D eigenvalue weighted by Crippen LogP contribution is -2.39. The van der Waals surface area contributed by atoms with Crippen LogP contribution < -0.4 is 9.47 Å². The first-order valence-electron chi connectivity index (χ1n) is 14.5. The van der Waals surface area contributed by atoms with Crippen LogP contribution in [0.5, 0.6) is 11.6 Å². The van der Waals surface area contributed by atoms with Crippen molar-refractivity contribution in [3.8, 4) is 17.7 Å². The first kappa shape index (κ1) is 28.7. The maximum atomic E-state index is 13.4. The third-order valence-electron chi connectivity index (χ3n) is 8.00. The first-order chi connectivity index (χ1) is 20.9. The Hall–Kier alpha value is -4.40. The van der Waals surface area contributed by atoms with Crippen molar-refractivity contribution in [3.63, 3.8) is 0 Å². The van der Waals surface area contributed by atoms with E-state index in [2.05, 4.69) is 19.4 Å². The highest BCUT2D eigenvalue weighted by Gasteiger charge is 2.26. The van der Waals surface area contributed by atoms with Gasteiger partial charge in [0.25, 0.3) is 0 Å². The number of ketones is 1. The van der Waals surface area contributed by atoms with Crippen LogP contribution >= 0.6 is 0 Å². The maximum absolute atomic E-state index is 13.4. The van der Waals surface area contributed by atoms with Gasteiger partial charge in [0, 0.05) is 37.5 Å². The summed E-state index contributed by atoms with van der Waals surface area (Å²) in [6.45, 7) is 7.53. The highest BCUT2D eigenvalue weighted by molar-refractivity contribution is 5.98. The van der Waals surface area contributed by atoms with Crippen molar-refractivity contribution in [2.24, 2.45) is 0 Å². The Morgan fingerprint density at radius 3 is 2.70 bits per heavy atom. The summed E-state index contributed by atoms with van der Waals surface area (Å²) in [4.78, 5) is 28.3. The smallest absolute Gasteiger partial charge is 0.216 e. The second-order valence-electron chi connectivity index (χ2n) is 11.1. The molecule has 11 heteroatoms. The van der Waals surface area contributed by atoms with E-state index >= 15 is 0 Å². The summed E-state index contributed by atoms with van der Waals surface area (Å²) >= 11 is 0. The fraction of sp³-hybridized carbons (Fsp3) is 0.406. The quantitative estimate of drug-likeness (QED) is 0.243. The van der Waals surface area contributed by atoms with Crippen LogP contribution in [0.15, 0.2) is 42.6 Å². The molecular formula is C32H33FN6O4. The summed E-state index contributed by atoms with van der Waals surface area (Å²) in [7, 11) is 0. The molecule has 222 valence electrons. The van der Waals surface area contributed by atoms with Crippen molar-refractivity contribution in [2.45, 2.75) is 65.0 Å². The van der Waals surface area contributed by atoms with E-state index in [1.54, 1.807) is 19.2 Å². The van der Waals surface area contributed by atoms with E-state index in [4.69, 9.17) is 19.2 Å². The highest BCUT2D eigenvalue weighted by atomic mass is 19.1. The van der Waals surface area contributed by atoms with Gasteiger partial charge in [0.2, 0.25) is 5.88 Å². The number of likely N-dealkylation sites (tertiary alicyclic amines) is 1. The lowest BCUT2D eigenvalue weighted by Gasteiger charge is -2.32. The number of aryl methyl sites for hydroxylation is 1. The Morgan fingerprint density at radius 1 is 1.16 bits per heavy atom. The molecular weight excluding hydrogens is 551 g/mol. The third kappa shape index (κ3) is 6.50. The summed E-state index contributed by atoms with van der Waals surface area (Å²) in [5.74, 6) is 1.67. The number of ether oxygens (including phenoxy) is 3. The van der Waals surface area contributed by atoms with Crippen molar-refractivity contribution < 1.29 is 23.4 Å². The fourth-order valence-electron chi connectivity index (χ4n) is 5.53. The van der Waals surface area contributed by atoms with Crippen LogP contribution in [-0.4, -0.2) is 62.1 Å². The molecule has 2 fully saturated rings. The Labute approximate surface area is 249 Å². The summed E-state index contributed by atoms with van der Waals surface area (Å²) in [5.41, 5.74) is 3.74. The predicted octanol–water partition coefficient (Wildman–Crippen LogP) is 4.76. The Balaban J connectivity index is 1.08. The SMILES string of the molecule is CC(=O)c1cc(C)c2nc(CN3CCC(Oc4ccnc(COc5ccc(F)cc5C#N)n4)CC3)n(C[C@@H]3CCO3)c2c1. The number of Topliss-reactive ketones (excluding diaryl/α,β-unsaturated/α-hetero) is 1. The number of nitriles is 1. The fourth-order valence-corrected chi connectivity index (χ4v) is 5.53. The van der Waals surface area contributed by atoms with Crippen LogP contribution in [0.3, 0.4) is 0 Å². The maximum Gasteiger partial charge on any atom is 0.216 e. The molecule has 43 heavy (non-hydrogen) atoms. The van der Waals surface area contributed by atoms with Crippen LogP contribution in [0.4, 0.5) is 4.39 Å². The topological polar surface area (TPSA) is 115 Å². The normalized spacial score (nSPS) is 17.4. The minimum Gasteiger partial charge on any atom is -0.484 e. The van der Waals surface area contributed by atoms with E-state index in [0.29, 0.717) is 23.8 Å². The number of aromatic nitrogens is 4. The van der Waals surface area contributed by atoms with Crippen molar-refractivity contribution in [1.29, 1.82) is 5.26 Å². The average Bonchev–Trinajstić information content (AvgIpc) is 3.32. The van der Waals surface area contributed by atoms with Crippen LogP contribution in [0.25, 0.3) is 11.0 Å². The van der Waals surface area contributed by atoms with Gasteiger partial charge < -0.3 is 18.8 Å². The van der Waals surface area contributed by atoms with Crippen molar-refractivity contribution in [2.75, 3.05) is 19.7 Å². The number of fused-ring (bicyclic) bond motifs is 1. The van der Waals surface area contributed by atoms with Crippen LogP contribution in [-0.2, 0) is 24.4 Å². The van der Waals surface area contributed by atoms with E-state index in [0.717, 1.165) is 74.0 Å². The number of imidazole rings is 1. The predicted molar refractivity (Wildman–Crippen MR) is 155 cm³/mol. The van der Waals surface area contributed by atoms with E-state index in [-0.39, 0.29) is 35.9 Å². The molecule has 0 aliphatic carbocycles. The monoisotopic (exact) mass is 584 g/mol. The number of benzene rings is 2. The molecule has 0 amide bonds. The summed E-state index contributed by atoms with van der Waals surface area (Å²) < 4.78 is 33.3. The second-order valence-corrected chi connectivity index (χ2v) is 11.1. The van der Waals surface area contributed by atoms with Crippen LogP contribution in [0, 0.1) is 24.1 Å². The van der Waals surface area contributed by atoms with Gasteiger partial charge in [-0.25, -0.2) is 14.4 Å². The minimum atomic E-state index is -0.498. The molecule has 4 heterocycles. The number of halogens is 1. The molecule has 2 aliphatic heterocycles. The second kappa shape index (κ2) is 12.5. The van der Waals surface area contributed by atoms with Crippen molar-refractivity contribution in [3.05, 3.63) is 76.8 Å². The zero-order valence-corrected chi connectivity index (χ0v) is 24.3. The highest BCUT2D eigenvalue weighted by Crippen LogP contribution is 2.27. The number of hydrogen-bond donors (Lipinski definition) is 0. The minimum absolute atomic E-state index is 0.00442. The lowest BCUT2D eigenvalue weighted by molar-refractivity contribution is -0.0592. The van der Waals surface area contributed by atoms with Gasteiger partial charge in [0.1, 0.15) is 36.2 Å². The van der Waals surface area contributed by atoms with Gasteiger partial charge in [-0.05, 0) is 69.0 Å². The molecule has 0 N–H and O–H groups in total. The number of carbonyl (C=O) groups is 1. The average molecular weight is 585 g/mol. The number of piperidine rings is 1. The van der Waals surface area contributed by atoms with Crippen molar-refractivity contribution in [1.82, 2.24) is 24.4 Å². The molecule has 0 bridgehead atoms. The molecule has 6 rings (SSSR count). The Bertz CT molecular complexity index is 1690. The molecule has 1 atom stereocenters. The summed E-state index contributed by atoms with van der Waals surface area (Å²) in [5, 5.41) is 9.23. The van der Waals surface area contributed by atoms with E-state index in [1.165, 1.54) is 12.1 Å². The van der Waals surface area contributed by atoms with Crippen LogP contribution in [0.2, 0.25) is 0 Å². The van der Waals surface area contributed by atoms with Gasteiger partial charge in [0.05, 0.1) is 35.8 Å². The number of hydrogen-bond acceptors (Lipinski definition) is 9. The molecule has 2 aromatic heterocycles. The molecule has 2 aromatic carbocycles. The molecule has 2 aliphatic rings. The van der Waals surface area contributed by atoms with E-state index in [1.807, 2.05) is 25.1 Å². The van der Waals surface area contributed by atoms with Crippen molar-refractivity contribution >= 4 is 16.8 Å². The largest absolute Gasteiger partial charge is 0.484 e. The van der Waals surface area contributed by atoms with Gasteiger partial charge in [-0.2, -0.15) is 10.2 Å². The third-order valence-corrected chi connectivity index (χ3v) is 8.00. The zero-order valence-electron chi connectivity index (χ0n) is 24.3. The molecule has 0 spiro atoms. The van der Waals surface area contributed by atoms with Gasteiger partial charge in [0.15, 0.2) is 11.6 Å². The van der Waals surface area contributed by atoms with Gasteiger partial charge >= 0.3 is 0 Å². The first-order valence-corrected chi connectivity index (χ1v) is 14.5. The molecule has 0 radical (unpaired) electrons. The van der Waals surface area contributed by atoms with Gasteiger partial charge in [-0.1, -0.05) is 0 Å². The van der Waals surface area contributed by atoms with E-state index in [9.17, 15) is 14.4 Å². The van der Waals surface area contributed by atoms with Crippen LogP contribution in [0.1, 0.15) is 59.3 Å². The Kier molecular flexibility index (Phi) is 8.31.